The summed E-state index contributed by atoms with van der Waals surface area (Å²) in [5.74, 6) is 4.09. The Labute approximate surface area is 177 Å². The quantitative estimate of drug-likeness (QED) is 0.501. The Morgan fingerprint density at radius 3 is 2.55 bits per heavy atom. The summed E-state index contributed by atoms with van der Waals surface area (Å²) in [6, 6.07) is 10.2. The minimum Gasteiger partial charge on any atom is -0.497 e. The van der Waals surface area contributed by atoms with Gasteiger partial charge in [0.05, 0.1) is 19.2 Å². The molecule has 0 spiro atoms. The molecule has 0 radical (unpaired) electrons. The van der Waals surface area contributed by atoms with Crippen LogP contribution in [0, 0.1) is 11.8 Å². The van der Waals surface area contributed by atoms with Gasteiger partial charge in [-0.15, -0.1) is 0 Å². The number of carboxylic acid groups (broad SMARTS) is 1. The maximum atomic E-state index is 12.9. The molecule has 0 aromatic heterocycles. The zero-order chi connectivity index (χ0) is 22.2. The highest BCUT2D eigenvalue weighted by Crippen LogP contribution is 2.28. The molecule has 0 aliphatic carbocycles. The minimum atomic E-state index is -1.63. The highest BCUT2D eigenvalue weighted by atomic mass is 16.5. The molecule has 0 saturated carbocycles. The topological polar surface area (TPSA) is 125 Å². The van der Waals surface area contributed by atoms with E-state index in [2.05, 4.69) is 22.5 Å². The fourth-order valence-corrected chi connectivity index (χ4v) is 3.49. The Kier molecular flexibility index (Phi) is 4.83. The Hall–Kier alpha value is -4.32. The van der Waals surface area contributed by atoms with E-state index in [1.54, 1.807) is 18.2 Å². The molecule has 4 rings (SSSR count). The lowest BCUT2D eigenvalue weighted by Gasteiger charge is -2.26. The molecule has 4 amide bonds. The molecule has 1 fully saturated rings. The number of methoxy groups -OCH3 is 1. The third-order valence-corrected chi connectivity index (χ3v) is 5.12. The predicted octanol–water partition coefficient (Wildman–Crippen LogP) is 0.979. The third-order valence-electron chi connectivity index (χ3n) is 5.12. The number of imide groups is 1. The van der Waals surface area contributed by atoms with Crippen molar-refractivity contribution in [2.75, 3.05) is 13.7 Å². The lowest BCUT2D eigenvalue weighted by molar-refractivity contribution is -0.122. The number of nitrogens with zero attached hydrogens (tertiary/aromatic N) is 1. The molecule has 2 heterocycles. The van der Waals surface area contributed by atoms with Gasteiger partial charge < -0.3 is 20.1 Å². The van der Waals surface area contributed by atoms with Gasteiger partial charge in [-0.25, -0.2) is 9.59 Å². The number of fused-ring (bicyclic) bond motifs is 1. The van der Waals surface area contributed by atoms with E-state index in [0.29, 0.717) is 16.9 Å². The number of hydrogen-bond donors (Lipinski definition) is 3. The summed E-state index contributed by atoms with van der Waals surface area (Å²) in [7, 11) is 1.50. The number of benzene rings is 2. The van der Waals surface area contributed by atoms with Crippen molar-refractivity contribution in [3.05, 3.63) is 64.7 Å². The average molecular weight is 419 g/mol. The van der Waals surface area contributed by atoms with Crippen LogP contribution in [0.4, 0.5) is 4.79 Å². The van der Waals surface area contributed by atoms with E-state index in [9.17, 15) is 19.2 Å². The molecule has 2 aromatic carbocycles. The molecule has 1 saturated heterocycles. The van der Waals surface area contributed by atoms with Gasteiger partial charge in [0.1, 0.15) is 5.75 Å². The fraction of sp³-hybridized carbons (Fsp3) is 0.182. The number of carboxylic acids is 1. The van der Waals surface area contributed by atoms with Crippen molar-refractivity contribution in [3.63, 3.8) is 0 Å². The Morgan fingerprint density at radius 1 is 1.19 bits per heavy atom. The fourth-order valence-electron chi connectivity index (χ4n) is 3.49. The maximum absolute atomic E-state index is 12.9. The number of carbonyl (C=O) groups excluding carboxylic acids is 3. The van der Waals surface area contributed by atoms with Gasteiger partial charge in [0.2, 0.25) is 5.54 Å². The van der Waals surface area contributed by atoms with Crippen LogP contribution in [0.15, 0.2) is 42.5 Å². The van der Waals surface area contributed by atoms with Crippen molar-refractivity contribution >= 4 is 23.8 Å². The minimum absolute atomic E-state index is 0.100. The van der Waals surface area contributed by atoms with Gasteiger partial charge in [0, 0.05) is 17.7 Å². The zero-order valence-electron chi connectivity index (χ0n) is 16.4. The first-order valence-electron chi connectivity index (χ1n) is 9.28. The average Bonchev–Trinajstić information content (AvgIpc) is 3.21. The lowest BCUT2D eigenvalue weighted by atomic mass is 9.99. The molecule has 1 unspecified atom stereocenters. The number of urea groups is 1. The van der Waals surface area contributed by atoms with E-state index < -0.39 is 23.4 Å². The number of rotatable bonds is 4. The summed E-state index contributed by atoms with van der Waals surface area (Å²) in [5, 5.41) is 13.7. The lowest BCUT2D eigenvalue weighted by Crippen LogP contribution is -2.54. The summed E-state index contributed by atoms with van der Waals surface area (Å²) < 4.78 is 5.17. The number of hydrogen-bond acceptors (Lipinski definition) is 5. The Bertz CT molecular complexity index is 1180. The van der Waals surface area contributed by atoms with Crippen LogP contribution in [-0.4, -0.2) is 53.0 Å². The first kappa shape index (κ1) is 20.0. The third kappa shape index (κ3) is 3.67. The summed E-state index contributed by atoms with van der Waals surface area (Å²) in [5.41, 5.74) is 0.172. The molecule has 1 atom stereocenters. The molecule has 9 nitrogen and oxygen atoms in total. The second kappa shape index (κ2) is 7.50. The van der Waals surface area contributed by atoms with Gasteiger partial charge in [-0.2, -0.15) is 0 Å². The number of aromatic carboxylic acids is 1. The highest BCUT2D eigenvalue weighted by Gasteiger charge is 2.48. The summed E-state index contributed by atoms with van der Waals surface area (Å²) in [4.78, 5) is 49.8. The van der Waals surface area contributed by atoms with Gasteiger partial charge in [0.25, 0.3) is 11.8 Å². The van der Waals surface area contributed by atoms with Crippen molar-refractivity contribution < 1.29 is 29.0 Å². The molecule has 3 N–H and O–H groups in total. The maximum Gasteiger partial charge on any atom is 0.335 e. The molecule has 9 heteroatoms. The van der Waals surface area contributed by atoms with E-state index >= 15 is 0 Å². The highest BCUT2D eigenvalue weighted by molar-refractivity contribution is 6.10. The van der Waals surface area contributed by atoms with E-state index in [-0.39, 0.29) is 24.6 Å². The molecular formula is C22H17N3O6. The van der Waals surface area contributed by atoms with Crippen LogP contribution in [0.2, 0.25) is 0 Å². The largest absolute Gasteiger partial charge is 0.497 e. The van der Waals surface area contributed by atoms with Gasteiger partial charge >= 0.3 is 12.0 Å². The van der Waals surface area contributed by atoms with E-state index in [1.807, 2.05) is 0 Å². The normalized spacial score (nSPS) is 19.3. The van der Waals surface area contributed by atoms with Crippen molar-refractivity contribution in [1.82, 2.24) is 15.5 Å². The summed E-state index contributed by atoms with van der Waals surface area (Å²) >= 11 is 0. The van der Waals surface area contributed by atoms with Gasteiger partial charge in [0.15, 0.2) is 0 Å². The van der Waals surface area contributed by atoms with Crippen LogP contribution in [0.25, 0.3) is 0 Å². The zero-order valence-corrected chi connectivity index (χ0v) is 16.4. The Morgan fingerprint density at radius 2 is 1.94 bits per heavy atom. The van der Waals surface area contributed by atoms with Crippen LogP contribution >= 0.6 is 0 Å². The standard InChI is InChI=1S/C22H17N3O6/c1-31-16-7-6-15-11-25(18(26)17(15)10-16)12-22(20(29)23-21(30)24-22)9-8-13-2-4-14(5-3-13)19(27)28/h2-7,10H,11-12H2,1H3,(H,27,28)(H2,23,24,29,30). The van der Waals surface area contributed by atoms with Gasteiger partial charge in [-0.1, -0.05) is 17.9 Å². The molecule has 156 valence electrons. The van der Waals surface area contributed by atoms with E-state index in [1.165, 1.54) is 36.3 Å². The van der Waals surface area contributed by atoms with Crippen LogP contribution in [0.3, 0.4) is 0 Å². The SMILES string of the molecule is COc1ccc2c(c1)C(=O)N(CC1(C#Cc3ccc(C(=O)O)cc3)NC(=O)NC1=O)C2. The molecule has 0 bridgehead atoms. The second-order valence-electron chi connectivity index (χ2n) is 7.13. The second-order valence-corrected chi connectivity index (χ2v) is 7.13. The van der Waals surface area contributed by atoms with E-state index in [4.69, 9.17) is 9.84 Å². The van der Waals surface area contributed by atoms with Crippen LogP contribution in [0.1, 0.15) is 31.8 Å². The van der Waals surface area contributed by atoms with Crippen molar-refractivity contribution in [2.24, 2.45) is 0 Å². The predicted molar refractivity (Wildman–Crippen MR) is 107 cm³/mol. The number of amides is 4. The van der Waals surface area contributed by atoms with Crippen LogP contribution in [0.5, 0.6) is 5.75 Å². The van der Waals surface area contributed by atoms with Gasteiger partial charge in [-0.05, 0) is 42.0 Å². The number of ether oxygens (including phenoxy) is 1. The van der Waals surface area contributed by atoms with Gasteiger partial charge in [-0.3, -0.25) is 14.9 Å². The summed E-state index contributed by atoms with van der Waals surface area (Å²) in [6.07, 6.45) is 0. The molecule has 31 heavy (non-hydrogen) atoms. The molecule has 2 aromatic rings. The van der Waals surface area contributed by atoms with Crippen LogP contribution < -0.4 is 15.4 Å². The monoisotopic (exact) mass is 419 g/mol. The van der Waals surface area contributed by atoms with Crippen molar-refractivity contribution in [1.29, 1.82) is 0 Å². The number of carbonyl (C=O) groups is 4. The first-order valence-corrected chi connectivity index (χ1v) is 9.28. The Balaban J connectivity index is 1.63. The molecule has 2 aliphatic heterocycles. The van der Waals surface area contributed by atoms with Crippen molar-refractivity contribution in [2.45, 2.75) is 12.1 Å². The van der Waals surface area contributed by atoms with Crippen molar-refractivity contribution in [3.8, 4) is 17.6 Å². The molecule has 2 aliphatic rings. The first-order chi connectivity index (χ1) is 14.8. The van der Waals surface area contributed by atoms with E-state index in [0.717, 1.165) is 5.56 Å². The smallest absolute Gasteiger partial charge is 0.335 e. The summed E-state index contributed by atoms with van der Waals surface area (Å²) in [6.45, 7) is 0.110. The number of nitrogens with one attached hydrogen (secondary N) is 2. The van der Waals surface area contributed by atoms with Crippen LogP contribution in [-0.2, 0) is 11.3 Å². The molecular weight excluding hydrogens is 402 g/mol.